The summed E-state index contributed by atoms with van der Waals surface area (Å²) in [7, 11) is 10.5. The maximum absolute atomic E-state index is 13.7. The van der Waals surface area contributed by atoms with Crippen LogP contribution in [0.2, 0.25) is 0 Å². The number of ether oxygens (including phenoxy) is 7. The second-order valence-corrected chi connectivity index (χ2v) is 29.4. The van der Waals surface area contributed by atoms with E-state index in [4.69, 9.17) is 33.2 Å². The topological polar surface area (TPSA) is 400 Å². The second kappa shape index (κ2) is 42.1. The average Bonchev–Trinajstić information content (AvgIpc) is 0.786. The Kier molecular flexibility index (Phi) is 31.7. The number of aromatic hydroxyl groups is 1. The predicted octanol–water partition coefficient (Wildman–Crippen LogP) is 14.3. The maximum Gasteiger partial charge on any atom is 0.303 e. The van der Waals surface area contributed by atoms with E-state index in [2.05, 4.69) is 0 Å². The molecule has 0 fully saturated rings. The van der Waals surface area contributed by atoms with E-state index < -0.39 is 53.5 Å². The molecule has 0 heterocycles. The number of carboxylic acids is 8. The summed E-state index contributed by atoms with van der Waals surface area (Å²) in [6.07, 6.45) is 0.00841. The van der Waals surface area contributed by atoms with E-state index in [9.17, 15) is 89.1 Å². The number of hydrogen-bond acceptors (Lipinski definition) is 17. The minimum atomic E-state index is -1.08. The van der Waals surface area contributed by atoms with Gasteiger partial charge in [0.05, 0.1) is 55.3 Å². The van der Waals surface area contributed by atoms with Gasteiger partial charge in [-0.05, 0) is 241 Å². The van der Waals surface area contributed by atoms with Gasteiger partial charge in [-0.25, -0.2) is 0 Å². The van der Waals surface area contributed by atoms with Gasteiger partial charge < -0.3 is 79.1 Å². The van der Waals surface area contributed by atoms with Crippen molar-refractivity contribution in [3.8, 4) is 46.0 Å². The molecule has 9 N–H and O–H groups in total. The number of carbonyl (C=O) groups excluding carboxylic acids is 1. The van der Waals surface area contributed by atoms with Gasteiger partial charge in [0, 0.05) is 102 Å². The summed E-state index contributed by atoms with van der Waals surface area (Å²) in [5.74, 6) is -6.06. The van der Waals surface area contributed by atoms with Gasteiger partial charge in [0.25, 0.3) is 0 Å². The van der Waals surface area contributed by atoms with Crippen LogP contribution in [0.1, 0.15) is 195 Å². The molecule has 0 aromatic heterocycles. The van der Waals surface area contributed by atoms with Crippen molar-refractivity contribution >= 4 is 53.5 Å². The van der Waals surface area contributed by atoms with Crippen LogP contribution >= 0.6 is 0 Å². The van der Waals surface area contributed by atoms with E-state index in [1.54, 1.807) is 55.6 Å². The van der Waals surface area contributed by atoms with Gasteiger partial charge in [0.2, 0.25) is 0 Å². The molecule has 0 bridgehead atoms. The molecule has 0 saturated carbocycles. The van der Waals surface area contributed by atoms with Crippen LogP contribution in [0.4, 0.5) is 0 Å². The van der Waals surface area contributed by atoms with Gasteiger partial charge >= 0.3 is 47.8 Å². The number of carboxylic acid groups (broad SMARTS) is 8. The lowest BCUT2D eigenvalue weighted by molar-refractivity contribution is -0.138. The van der Waals surface area contributed by atoms with Crippen LogP contribution < -0.4 is 33.2 Å². The number of carbonyl (C=O) groups is 9. The Labute approximate surface area is 689 Å². The zero-order valence-corrected chi connectivity index (χ0v) is 67.9. The highest BCUT2D eigenvalue weighted by Crippen LogP contribution is 2.41. The summed E-state index contributed by atoms with van der Waals surface area (Å²) in [5, 5.41) is 91.3. The van der Waals surface area contributed by atoms with Crippen molar-refractivity contribution in [1.29, 1.82) is 0 Å². The lowest BCUT2D eigenvalue weighted by Crippen LogP contribution is -2.09. The van der Waals surface area contributed by atoms with E-state index in [0.29, 0.717) is 158 Å². The Morgan fingerprint density at radius 2 is 0.429 bits per heavy atom. The molecule has 0 atom stereocenters. The summed E-state index contributed by atoms with van der Waals surface area (Å²) >= 11 is 0. The summed E-state index contributed by atoms with van der Waals surface area (Å²) < 4.78 is 42.4. The predicted molar refractivity (Wildman–Crippen MR) is 441 cm³/mol. The van der Waals surface area contributed by atoms with Crippen molar-refractivity contribution in [2.45, 2.75) is 155 Å². The lowest BCUT2D eigenvalue weighted by Gasteiger charge is -2.22. The Balaban J connectivity index is 1.06. The molecular weight excluding hydrogens is 1530 g/mol. The standard InChI is InChI=1S/C94H100O25/c1-53-30-79(113-2)70(31-55(53)14-22-86(96)97)39-64-47-81(115-4)72(33-57(64)16-24-88(100)101)41-66-49-83(117-6)74(35-59(66)18-26-90(104)105)43-68-51-85(119-8)76(37-61(68)20-28-92(108)109)44-69-52-84(118-7)75(36-60(69)19-27-91(106)107)42-67-50-82(116-5)73(34-58(67)17-25-89(102)103)40-65-48-80(114-3)71(32-56(65)15-23-87(98)99)38-63-46-78(95)77(45-62(63)21-29-93(110)111)94(112)54-12-10-9-11-13-54/h9-13,30-37,45-52,95H,14-29,38-44H2,1-8H3,(H,96,97)(H,98,99)(H,100,101)(H,102,103)(H,104,105)(H,106,107)(H,108,109)(H,110,111). The first-order chi connectivity index (χ1) is 56.9. The number of benzene rings is 9. The molecule has 25 nitrogen and oxygen atoms in total. The molecule has 0 unspecified atom stereocenters. The molecule has 0 aliphatic rings. The Bertz CT molecular complexity index is 5290. The van der Waals surface area contributed by atoms with E-state index in [0.717, 1.165) is 22.3 Å². The van der Waals surface area contributed by atoms with Crippen molar-refractivity contribution in [3.05, 3.63) is 266 Å². The third kappa shape index (κ3) is 24.5. The Morgan fingerprint density at radius 3 is 0.647 bits per heavy atom. The van der Waals surface area contributed by atoms with Gasteiger partial charge in [-0.15, -0.1) is 0 Å². The van der Waals surface area contributed by atoms with Crippen molar-refractivity contribution < 1.29 is 122 Å². The van der Waals surface area contributed by atoms with E-state index in [1.807, 2.05) is 73.7 Å². The molecule has 9 aromatic rings. The van der Waals surface area contributed by atoms with Gasteiger partial charge in [0.15, 0.2) is 5.78 Å². The highest BCUT2D eigenvalue weighted by Gasteiger charge is 2.27. The van der Waals surface area contributed by atoms with Crippen molar-refractivity contribution in [2.24, 2.45) is 0 Å². The molecule has 0 aliphatic carbocycles. The first kappa shape index (κ1) is 89.7. The van der Waals surface area contributed by atoms with Crippen LogP contribution in [0, 0.1) is 6.92 Å². The van der Waals surface area contributed by atoms with Crippen molar-refractivity contribution in [3.63, 3.8) is 0 Å². The highest BCUT2D eigenvalue weighted by atomic mass is 16.5. The fraction of sp³-hybridized carbons (Fsp3) is 0.330. The van der Waals surface area contributed by atoms with Gasteiger partial charge in [-0.1, -0.05) is 72.8 Å². The molecule has 9 aromatic carbocycles. The summed E-state index contributed by atoms with van der Waals surface area (Å²) in [6.45, 7) is 1.88. The van der Waals surface area contributed by atoms with Crippen molar-refractivity contribution in [1.82, 2.24) is 0 Å². The number of ketones is 1. The zero-order valence-electron chi connectivity index (χ0n) is 67.9. The zero-order chi connectivity index (χ0) is 86.3. The number of phenols is 1. The molecule has 0 aliphatic heterocycles. The fourth-order valence-corrected chi connectivity index (χ4v) is 15.4. The Morgan fingerprint density at radius 1 is 0.235 bits per heavy atom. The normalized spacial score (nSPS) is 11.1. The highest BCUT2D eigenvalue weighted by molar-refractivity contribution is 6.10. The van der Waals surface area contributed by atoms with Crippen LogP contribution in [-0.4, -0.2) is 149 Å². The van der Waals surface area contributed by atoms with Crippen LogP contribution in [0.25, 0.3) is 0 Å². The minimum Gasteiger partial charge on any atom is -0.507 e. The minimum absolute atomic E-state index is 0.00778. The molecule has 119 heavy (non-hydrogen) atoms. The van der Waals surface area contributed by atoms with Crippen LogP contribution in [0.15, 0.2) is 127 Å². The van der Waals surface area contributed by atoms with E-state index in [1.165, 1.54) is 54.8 Å². The van der Waals surface area contributed by atoms with Crippen LogP contribution in [0.3, 0.4) is 0 Å². The Hall–Kier alpha value is -13.2. The van der Waals surface area contributed by atoms with Crippen LogP contribution in [0.5, 0.6) is 46.0 Å². The molecule has 0 radical (unpaired) electrons. The molecule has 0 spiro atoms. The summed E-state index contributed by atoms with van der Waals surface area (Å²) in [4.78, 5) is 111. The monoisotopic (exact) mass is 1630 g/mol. The van der Waals surface area contributed by atoms with Gasteiger partial charge in [-0.2, -0.15) is 0 Å². The van der Waals surface area contributed by atoms with Crippen molar-refractivity contribution in [2.75, 3.05) is 49.8 Å². The third-order valence-corrected chi connectivity index (χ3v) is 21.5. The van der Waals surface area contributed by atoms with E-state index >= 15 is 0 Å². The molecule has 9 rings (SSSR count). The number of rotatable bonds is 47. The quantitative estimate of drug-likeness (QED) is 0.0160. The lowest BCUT2D eigenvalue weighted by atomic mass is 9.86. The molecule has 25 heteroatoms. The molecule has 0 saturated heterocycles. The van der Waals surface area contributed by atoms with Gasteiger partial charge in [-0.3, -0.25) is 43.2 Å². The van der Waals surface area contributed by atoms with Gasteiger partial charge in [0.1, 0.15) is 46.0 Å². The first-order valence-electron chi connectivity index (χ1n) is 38.9. The smallest absolute Gasteiger partial charge is 0.303 e. The summed E-state index contributed by atoms with van der Waals surface area (Å²) in [6, 6.07) is 37.1. The largest absolute Gasteiger partial charge is 0.507 e. The third-order valence-electron chi connectivity index (χ3n) is 21.5. The molecule has 626 valence electrons. The molecular formula is C94H100O25. The number of phenolic OH excluding ortho intramolecular Hbond substituents is 1. The number of methoxy groups -OCH3 is 7. The first-order valence-corrected chi connectivity index (χ1v) is 38.9. The average molecular weight is 1630 g/mol. The van der Waals surface area contributed by atoms with Crippen LogP contribution in [-0.2, 0) is 135 Å². The second-order valence-electron chi connectivity index (χ2n) is 29.4. The number of aryl methyl sites for hydroxylation is 9. The number of aliphatic carboxylic acids is 8. The SMILES string of the molecule is COc1cc(C)c(CCC(=O)O)cc1Cc1cc(OC)c(Cc2cc(OC)c(Cc3cc(OC)c(Cc4cc(OC)c(Cc5cc(OC)c(Cc6cc(OC)c(Cc7cc(O)c(C(=O)c8ccccc8)cc7CCC(=O)O)cc6CCC(=O)O)cc5CCC(=O)O)cc4CCC(=O)O)cc3CCC(=O)O)cc2CCC(=O)O)cc1CCC(=O)O. The summed E-state index contributed by atoms with van der Waals surface area (Å²) in [5.41, 5.74) is 15.4. The maximum atomic E-state index is 13.7. The molecule has 0 amide bonds. The fourth-order valence-electron chi connectivity index (χ4n) is 15.4. The van der Waals surface area contributed by atoms with E-state index in [-0.39, 0.29) is 153 Å². The number of hydrogen-bond donors (Lipinski definition) is 9.